The minimum atomic E-state index is -0.481. The van der Waals surface area contributed by atoms with Gasteiger partial charge in [-0.3, -0.25) is 10.1 Å². The number of para-hydroxylation sites is 1. The molecule has 2 aromatic carbocycles. The van der Waals surface area contributed by atoms with Gasteiger partial charge in [0.1, 0.15) is 11.4 Å². The predicted octanol–water partition coefficient (Wildman–Crippen LogP) is 4.39. The first kappa shape index (κ1) is 14.1. The van der Waals surface area contributed by atoms with Crippen LogP contribution in [-0.2, 0) is 0 Å². The minimum Gasteiger partial charge on any atom is -0.448 e. The first-order valence-electron chi connectivity index (χ1n) is 5.92. The summed E-state index contributed by atoms with van der Waals surface area (Å²) in [4.78, 5) is 10.7. The number of aryl methyl sites for hydroxylation is 1. The molecular formula is C14H13ClN2O3. The summed E-state index contributed by atoms with van der Waals surface area (Å²) in [6, 6.07) is 10.1. The van der Waals surface area contributed by atoms with Gasteiger partial charge in [0.15, 0.2) is 0 Å². The van der Waals surface area contributed by atoms with Crippen LogP contribution in [0, 0.1) is 17.0 Å². The summed E-state index contributed by atoms with van der Waals surface area (Å²) >= 11 is 6.04. The molecule has 2 aromatic rings. The monoisotopic (exact) mass is 292 g/mol. The zero-order valence-electron chi connectivity index (χ0n) is 11.0. The Morgan fingerprint density at radius 1 is 1.25 bits per heavy atom. The second kappa shape index (κ2) is 5.79. The van der Waals surface area contributed by atoms with Gasteiger partial charge in [-0.1, -0.05) is 23.7 Å². The van der Waals surface area contributed by atoms with Gasteiger partial charge in [0.2, 0.25) is 5.75 Å². The number of nitrogens with zero attached hydrogens (tertiary/aromatic N) is 1. The Morgan fingerprint density at radius 2 is 2.00 bits per heavy atom. The molecule has 0 aliphatic carbocycles. The highest BCUT2D eigenvalue weighted by atomic mass is 35.5. The highest BCUT2D eigenvalue weighted by molar-refractivity contribution is 6.32. The summed E-state index contributed by atoms with van der Waals surface area (Å²) in [5.74, 6) is 0.539. The highest BCUT2D eigenvalue weighted by Crippen LogP contribution is 2.39. The van der Waals surface area contributed by atoms with Crippen LogP contribution < -0.4 is 10.1 Å². The van der Waals surface area contributed by atoms with Crippen LogP contribution in [0.2, 0.25) is 5.02 Å². The predicted molar refractivity (Wildman–Crippen MR) is 78.9 cm³/mol. The first-order valence-corrected chi connectivity index (χ1v) is 6.30. The van der Waals surface area contributed by atoms with Crippen molar-refractivity contribution < 1.29 is 9.66 Å². The van der Waals surface area contributed by atoms with Crippen molar-refractivity contribution in [3.8, 4) is 11.5 Å². The average Bonchev–Trinajstić information content (AvgIpc) is 2.42. The fourth-order valence-electron chi connectivity index (χ4n) is 1.80. The van der Waals surface area contributed by atoms with Gasteiger partial charge >= 0.3 is 5.69 Å². The van der Waals surface area contributed by atoms with Crippen molar-refractivity contribution in [2.24, 2.45) is 0 Å². The van der Waals surface area contributed by atoms with Gasteiger partial charge in [0.05, 0.1) is 9.95 Å². The molecule has 0 bridgehead atoms. The number of hydrogen-bond acceptors (Lipinski definition) is 4. The summed E-state index contributed by atoms with van der Waals surface area (Å²) < 4.78 is 5.61. The Bertz CT molecular complexity index is 659. The van der Waals surface area contributed by atoms with E-state index in [4.69, 9.17) is 16.3 Å². The van der Waals surface area contributed by atoms with Gasteiger partial charge in [-0.15, -0.1) is 0 Å². The lowest BCUT2D eigenvalue weighted by Crippen LogP contribution is -1.99. The van der Waals surface area contributed by atoms with E-state index in [1.165, 1.54) is 6.07 Å². The lowest BCUT2D eigenvalue weighted by Gasteiger charge is -2.10. The quantitative estimate of drug-likeness (QED) is 0.670. The van der Waals surface area contributed by atoms with Gasteiger partial charge < -0.3 is 10.1 Å². The maximum absolute atomic E-state index is 11.2. The van der Waals surface area contributed by atoms with Crippen molar-refractivity contribution in [2.45, 2.75) is 6.92 Å². The highest BCUT2D eigenvalue weighted by Gasteiger charge is 2.21. The molecule has 20 heavy (non-hydrogen) atoms. The number of benzene rings is 2. The first-order chi connectivity index (χ1) is 9.52. The van der Waals surface area contributed by atoms with E-state index in [-0.39, 0.29) is 11.4 Å². The number of rotatable bonds is 4. The number of anilines is 1. The third kappa shape index (κ3) is 2.83. The van der Waals surface area contributed by atoms with Crippen LogP contribution in [0.25, 0.3) is 0 Å². The molecule has 0 fully saturated rings. The van der Waals surface area contributed by atoms with E-state index < -0.39 is 4.92 Å². The molecule has 0 saturated carbocycles. The van der Waals surface area contributed by atoms with Crippen LogP contribution >= 0.6 is 11.6 Å². The van der Waals surface area contributed by atoms with Crippen LogP contribution in [0.5, 0.6) is 11.5 Å². The van der Waals surface area contributed by atoms with E-state index in [1.807, 2.05) is 13.0 Å². The van der Waals surface area contributed by atoms with Gasteiger partial charge in [-0.2, -0.15) is 0 Å². The third-order valence-corrected chi connectivity index (χ3v) is 3.07. The zero-order valence-corrected chi connectivity index (χ0v) is 11.8. The second-order valence-electron chi connectivity index (χ2n) is 4.20. The largest absolute Gasteiger partial charge is 0.448 e. The maximum atomic E-state index is 11.2. The summed E-state index contributed by atoms with van der Waals surface area (Å²) in [7, 11) is 1.62. The second-order valence-corrected chi connectivity index (χ2v) is 4.60. The fraction of sp³-hybridized carbons (Fsp3) is 0.143. The van der Waals surface area contributed by atoms with E-state index in [1.54, 1.807) is 31.3 Å². The number of halogens is 1. The lowest BCUT2D eigenvalue weighted by atomic mass is 10.2. The summed E-state index contributed by atoms with van der Waals surface area (Å²) in [6.07, 6.45) is 0. The van der Waals surface area contributed by atoms with Crippen molar-refractivity contribution in [3.05, 3.63) is 57.1 Å². The number of nitro groups is 1. The molecule has 0 aliphatic heterocycles. The van der Waals surface area contributed by atoms with Gasteiger partial charge in [0, 0.05) is 7.05 Å². The standard InChI is InChI=1S/C14H13ClN2O3/c1-9-6-7-10(15)13(8-9)20-12-5-3-4-11(16-2)14(12)17(18)19/h3-8,16H,1-2H3. The van der Waals surface area contributed by atoms with Gasteiger partial charge in [0.25, 0.3) is 0 Å². The molecule has 0 unspecified atom stereocenters. The molecular weight excluding hydrogens is 280 g/mol. The SMILES string of the molecule is CNc1cccc(Oc2cc(C)ccc2Cl)c1[N+](=O)[O-]. The Balaban J connectivity index is 2.48. The van der Waals surface area contributed by atoms with Crippen molar-refractivity contribution in [3.63, 3.8) is 0 Å². The number of ether oxygens (including phenoxy) is 1. The molecule has 5 nitrogen and oxygen atoms in total. The van der Waals surface area contributed by atoms with Crippen LogP contribution in [0.3, 0.4) is 0 Å². The smallest absolute Gasteiger partial charge is 0.334 e. The van der Waals surface area contributed by atoms with E-state index in [0.29, 0.717) is 16.5 Å². The van der Waals surface area contributed by atoms with Crippen LogP contribution in [0.1, 0.15) is 5.56 Å². The Labute approximate surface area is 121 Å². The topological polar surface area (TPSA) is 64.4 Å². The van der Waals surface area contributed by atoms with E-state index >= 15 is 0 Å². The molecule has 0 heterocycles. The zero-order chi connectivity index (χ0) is 14.7. The van der Waals surface area contributed by atoms with Crippen LogP contribution in [-0.4, -0.2) is 12.0 Å². The van der Waals surface area contributed by atoms with Crippen molar-refractivity contribution in [2.75, 3.05) is 12.4 Å². The fourth-order valence-corrected chi connectivity index (χ4v) is 1.96. The van der Waals surface area contributed by atoms with Crippen LogP contribution in [0.15, 0.2) is 36.4 Å². The third-order valence-electron chi connectivity index (χ3n) is 2.76. The molecule has 0 aliphatic rings. The maximum Gasteiger partial charge on any atom is 0.334 e. The number of nitro benzene ring substituents is 1. The molecule has 0 radical (unpaired) electrons. The molecule has 0 atom stereocenters. The van der Waals surface area contributed by atoms with Crippen molar-refractivity contribution in [1.82, 2.24) is 0 Å². The number of nitrogens with one attached hydrogen (secondary N) is 1. The molecule has 1 N–H and O–H groups in total. The van der Waals surface area contributed by atoms with Crippen LogP contribution in [0.4, 0.5) is 11.4 Å². The van der Waals surface area contributed by atoms with Gasteiger partial charge in [-0.25, -0.2) is 0 Å². The molecule has 0 spiro atoms. The van der Waals surface area contributed by atoms with Crippen molar-refractivity contribution in [1.29, 1.82) is 0 Å². The Kier molecular flexibility index (Phi) is 4.10. The lowest BCUT2D eigenvalue weighted by molar-refractivity contribution is -0.384. The van der Waals surface area contributed by atoms with E-state index in [9.17, 15) is 10.1 Å². The average molecular weight is 293 g/mol. The Morgan fingerprint density at radius 3 is 2.65 bits per heavy atom. The molecule has 2 rings (SSSR count). The summed E-state index contributed by atoms with van der Waals surface area (Å²) in [5, 5.41) is 14.4. The number of hydrogen-bond donors (Lipinski definition) is 1. The summed E-state index contributed by atoms with van der Waals surface area (Å²) in [6.45, 7) is 1.89. The van der Waals surface area contributed by atoms with Gasteiger partial charge in [-0.05, 0) is 36.8 Å². The van der Waals surface area contributed by atoms with E-state index in [2.05, 4.69) is 5.32 Å². The summed E-state index contributed by atoms with van der Waals surface area (Å²) in [5.41, 5.74) is 1.22. The normalized spacial score (nSPS) is 10.2. The Hall–Kier alpha value is -2.27. The molecule has 0 saturated heterocycles. The molecule has 0 aromatic heterocycles. The van der Waals surface area contributed by atoms with E-state index in [0.717, 1.165) is 5.56 Å². The van der Waals surface area contributed by atoms with Crippen molar-refractivity contribution >= 4 is 23.0 Å². The minimum absolute atomic E-state index is 0.118. The molecule has 6 heteroatoms. The molecule has 104 valence electrons. The molecule has 0 amide bonds.